The molecule has 0 unspecified atom stereocenters. The van der Waals surface area contributed by atoms with Crippen molar-refractivity contribution < 1.29 is 9.59 Å². The number of aromatic nitrogens is 4. The number of anilines is 1. The van der Waals surface area contributed by atoms with Gasteiger partial charge in [0, 0.05) is 26.6 Å². The van der Waals surface area contributed by atoms with Crippen LogP contribution in [0.5, 0.6) is 0 Å². The van der Waals surface area contributed by atoms with Crippen LogP contribution in [0.15, 0.2) is 5.16 Å². The quantitative estimate of drug-likeness (QED) is 0.723. The molecule has 1 N–H and O–H groups in total. The Morgan fingerprint density at radius 1 is 1.31 bits per heavy atom. The molecule has 0 aliphatic rings. The van der Waals surface area contributed by atoms with Crippen LogP contribution < -0.4 is 5.32 Å². The molecule has 2 rings (SSSR count). The fraction of sp³-hybridized carbons (Fsp3) is 0.562. The molecule has 0 radical (unpaired) electrons. The van der Waals surface area contributed by atoms with Crippen molar-refractivity contribution in [2.24, 2.45) is 0 Å². The Morgan fingerprint density at radius 3 is 2.58 bits per heavy atom. The van der Waals surface area contributed by atoms with Crippen LogP contribution in [-0.4, -0.2) is 56.3 Å². The monoisotopic (exact) mass is 396 g/mol. The molecule has 142 valence electrons. The smallest absolute Gasteiger partial charge is 0.265 e. The largest absolute Gasteiger partial charge is 0.344 e. The minimum Gasteiger partial charge on any atom is -0.344 e. The van der Waals surface area contributed by atoms with Gasteiger partial charge in [-0.15, -0.1) is 10.2 Å². The number of carbonyl (C=O) groups excluding carboxylic acids is 2. The van der Waals surface area contributed by atoms with Crippen LogP contribution in [0.3, 0.4) is 0 Å². The number of hydrogen-bond donors (Lipinski definition) is 1. The van der Waals surface area contributed by atoms with Crippen LogP contribution in [0.4, 0.5) is 5.13 Å². The maximum atomic E-state index is 12.2. The standard InChI is InChI=1S/C16H24N6O2S2/c1-7-11-19-20-16(22(11)9(2)3)25-8-12(23)18-15-17-10(4)13(26-15)14(24)21(5)6/h9H,7-8H2,1-6H3,(H,17,18,23). The average molecular weight is 397 g/mol. The number of aryl methyl sites for hydroxylation is 2. The van der Waals surface area contributed by atoms with Crippen molar-refractivity contribution in [2.75, 3.05) is 25.2 Å². The van der Waals surface area contributed by atoms with Gasteiger partial charge in [-0.3, -0.25) is 9.59 Å². The number of carbonyl (C=O) groups is 2. The van der Waals surface area contributed by atoms with Gasteiger partial charge in [0.15, 0.2) is 10.3 Å². The first-order valence-electron chi connectivity index (χ1n) is 8.30. The fourth-order valence-electron chi connectivity index (χ4n) is 2.30. The van der Waals surface area contributed by atoms with Gasteiger partial charge in [-0.2, -0.15) is 0 Å². The Morgan fingerprint density at radius 2 is 2.00 bits per heavy atom. The second-order valence-corrected chi connectivity index (χ2v) is 8.13. The highest BCUT2D eigenvalue weighted by Crippen LogP contribution is 2.25. The zero-order chi connectivity index (χ0) is 19.4. The molecule has 10 heteroatoms. The highest BCUT2D eigenvalue weighted by molar-refractivity contribution is 7.99. The third-order valence-corrected chi connectivity index (χ3v) is 5.55. The Labute approximate surface area is 161 Å². The fourth-order valence-corrected chi connectivity index (χ4v) is 4.19. The van der Waals surface area contributed by atoms with E-state index in [1.165, 1.54) is 28.0 Å². The van der Waals surface area contributed by atoms with Crippen molar-refractivity contribution in [2.45, 2.75) is 45.3 Å². The van der Waals surface area contributed by atoms with E-state index in [1.54, 1.807) is 21.0 Å². The molecule has 2 aromatic heterocycles. The zero-order valence-electron chi connectivity index (χ0n) is 15.9. The van der Waals surface area contributed by atoms with E-state index < -0.39 is 0 Å². The lowest BCUT2D eigenvalue weighted by molar-refractivity contribution is -0.113. The van der Waals surface area contributed by atoms with Crippen LogP contribution >= 0.6 is 23.1 Å². The number of nitrogens with zero attached hydrogens (tertiary/aromatic N) is 5. The Hall–Kier alpha value is -1.94. The van der Waals surface area contributed by atoms with Crippen molar-refractivity contribution in [3.63, 3.8) is 0 Å². The van der Waals surface area contributed by atoms with Crippen LogP contribution in [0, 0.1) is 6.92 Å². The minimum atomic E-state index is -0.191. The Bertz CT molecular complexity index is 797. The molecular formula is C16H24N6O2S2. The molecule has 0 aliphatic heterocycles. The molecule has 26 heavy (non-hydrogen) atoms. The van der Waals surface area contributed by atoms with Crippen molar-refractivity contribution in [1.29, 1.82) is 0 Å². The summed E-state index contributed by atoms with van der Waals surface area (Å²) >= 11 is 2.53. The maximum absolute atomic E-state index is 12.2. The summed E-state index contributed by atoms with van der Waals surface area (Å²) in [7, 11) is 3.37. The number of hydrogen-bond acceptors (Lipinski definition) is 7. The predicted octanol–water partition coefficient (Wildman–Crippen LogP) is 2.62. The summed E-state index contributed by atoms with van der Waals surface area (Å²) in [4.78, 5) is 30.6. The van der Waals surface area contributed by atoms with Gasteiger partial charge >= 0.3 is 0 Å². The first-order chi connectivity index (χ1) is 12.2. The van der Waals surface area contributed by atoms with Gasteiger partial charge in [-0.1, -0.05) is 30.0 Å². The number of thioether (sulfide) groups is 1. The minimum absolute atomic E-state index is 0.119. The van der Waals surface area contributed by atoms with Gasteiger partial charge in [0.05, 0.1) is 11.4 Å². The topological polar surface area (TPSA) is 93.0 Å². The average Bonchev–Trinajstić information content (AvgIpc) is 3.15. The SMILES string of the molecule is CCc1nnc(SCC(=O)Nc2nc(C)c(C(=O)N(C)C)s2)n1C(C)C. The Balaban J connectivity index is 2.01. The third-order valence-electron chi connectivity index (χ3n) is 3.54. The van der Waals surface area contributed by atoms with Gasteiger partial charge in [0.1, 0.15) is 10.7 Å². The van der Waals surface area contributed by atoms with E-state index in [9.17, 15) is 9.59 Å². The lowest BCUT2D eigenvalue weighted by Crippen LogP contribution is -2.21. The molecule has 8 nitrogen and oxygen atoms in total. The summed E-state index contributed by atoms with van der Waals surface area (Å²) in [6, 6.07) is 0.228. The molecule has 0 aromatic carbocycles. The van der Waals surface area contributed by atoms with Crippen LogP contribution in [0.1, 0.15) is 48.0 Å². The molecule has 0 fully saturated rings. The first kappa shape index (κ1) is 20.4. The number of thiazole rings is 1. The Kier molecular flexibility index (Phi) is 6.76. The number of rotatable bonds is 7. The second kappa shape index (κ2) is 8.63. The predicted molar refractivity (Wildman–Crippen MR) is 104 cm³/mol. The van der Waals surface area contributed by atoms with Crippen molar-refractivity contribution in [1.82, 2.24) is 24.6 Å². The molecular weight excluding hydrogens is 372 g/mol. The van der Waals surface area contributed by atoms with Crippen molar-refractivity contribution >= 4 is 40.0 Å². The van der Waals surface area contributed by atoms with E-state index >= 15 is 0 Å². The molecule has 0 bridgehead atoms. The summed E-state index contributed by atoms with van der Waals surface area (Å²) < 4.78 is 2.04. The zero-order valence-corrected chi connectivity index (χ0v) is 17.5. The lowest BCUT2D eigenvalue weighted by atomic mass is 10.3. The first-order valence-corrected chi connectivity index (χ1v) is 10.1. The van der Waals surface area contributed by atoms with Gasteiger partial charge in [0.25, 0.3) is 5.91 Å². The molecule has 0 aliphatic carbocycles. The third kappa shape index (κ3) is 4.61. The summed E-state index contributed by atoms with van der Waals surface area (Å²) in [5.74, 6) is 0.797. The van der Waals surface area contributed by atoms with E-state index in [-0.39, 0.29) is 23.6 Å². The van der Waals surface area contributed by atoms with E-state index in [1.807, 2.05) is 11.5 Å². The highest BCUT2D eigenvalue weighted by atomic mass is 32.2. The summed E-state index contributed by atoms with van der Waals surface area (Å²) in [5, 5.41) is 12.3. The second-order valence-electron chi connectivity index (χ2n) is 6.19. The van der Waals surface area contributed by atoms with E-state index in [0.29, 0.717) is 15.7 Å². The van der Waals surface area contributed by atoms with E-state index in [0.717, 1.165) is 17.4 Å². The van der Waals surface area contributed by atoms with Gasteiger partial charge in [-0.25, -0.2) is 4.98 Å². The van der Waals surface area contributed by atoms with Crippen molar-refractivity contribution in [3.05, 3.63) is 16.4 Å². The van der Waals surface area contributed by atoms with E-state index in [4.69, 9.17) is 0 Å². The van der Waals surface area contributed by atoms with Crippen molar-refractivity contribution in [3.8, 4) is 0 Å². The number of nitrogens with one attached hydrogen (secondary N) is 1. The normalized spacial score (nSPS) is 11.0. The van der Waals surface area contributed by atoms with E-state index in [2.05, 4.69) is 34.3 Å². The van der Waals surface area contributed by atoms with Crippen LogP contribution in [0.2, 0.25) is 0 Å². The molecule has 0 saturated heterocycles. The van der Waals surface area contributed by atoms with Gasteiger partial charge < -0.3 is 14.8 Å². The lowest BCUT2D eigenvalue weighted by Gasteiger charge is -2.12. The van der Waals surface area contributed by atoms with Gasteiger partial charge in [-0.05, 0) is 20.8 Å². The van der Waals surface area contributed by atoms with Gasteiger partial charge in [0.2, 0.25) is 5.91 Å². The maximum Gasteiger partial charge on any atom is 0.265 e. The summed E-state index contributed by atoms with van der Waals surface area (Å²) in [6.45, 7) is 7.92. The molecule has 2 amide bonds. The molecule has 2 aromatic rings. The molecule has 0 atom stereocenters. The van der Waals surface area contributed by atoms with Crippen LogP contribution in [-0.2, 0) is 11.2 Å². The summed E-state index contributed by atoms with van der Waals surface area (Å²) in [5.41, 5.74) is 0.615. The molecule has 0 saturated carbocycles. The number of amides is 2. The highest BCUT2D eigenvalue weighted by Gasteiger charge is 2.19. The summed E-state index contributed by atoms with van der Waals surface area (Å²) in [6.07, 6.45) is 0.791. The molecule has 0 spiro atoms. The van der Waals surface area contributed by atoms with Crippen LogP contribution in [0.25, 0.3) is 0 Å². The molecule has 2 heterocycles.